The van der Waals surface area contributed by atoms with Crippen molar-refractivity contribution in [2.45, 2.75) is 26.7 Å². The van der Waals surface area contributed by atoms with Crippen LogP contribution in [-0.4, -0.2) is 152 Å². The summed E-state index contributed by atoms with van der Waals surface area (Å²) < 4.78 is 59.8. The van der Waals surface area contributed by atoms with Crippen LogP contribution in [0.4, 0.5) is 0 Å². The molecule has 0 spiro atoms. The standard InChI is InChI=1S/C28H57N3O11/c1-28(2)4-3-6-32-8-10-34-12-14-36-16-18-38-20-22-40-24-26-42-27-25-41-23-21-39-19-17-37-15-13-35-11-9-33-7-5-30-31-29/h28H,3-27H2,1-2H3. The third kappa shape index (κ3) is 38.9. The Bertz CT molecular complexity index is 559. The minimum atomic E-state index is 0.330. The SMILES string of the molecule is CC(C)CCCOCCOCCOCCOCCOCCOCCOCCOCCOCCOCCOCCN=[N+]=[N-]. The zero-order valence-electron chi connectivity index (χ0n) is 26.1. The van der Waals surface area contributed by atoms with Gasteiger partial charge in [0.1, 0.15) is 0 Å². The van der Waals surface area contributed by atoms with Gasteiger partial charge in [-0.15, -0.1) is 0 Å². The van der Waals surface area contributed by atoms with Crippen LogP contribution in [-0.2, 0) is 52.1 Å². The van der Waals surface area contributed by atoms with Crippen LogP contribution < -0.4 is 0 Å². The molecule has 0 radical (unpaired) electrons. The van der Waals surface area contributed by atoms with E-state index < -0.39 is 0 Å². The third-order valence-electron chi connectivity index (χ3n) is 5.19. The number of hydrogen-bond donors (Lipinski definition) is 0. The lowest BCUT2D eigenvalue weighted by molar-refractivity contribution is -0.0274. The summed E-state index contributed by atoms with van der Waals surface area (Å²) in [5, 5.41) is 3.37. The molecule has 0 bridgehead atoms. The van der Waals surface area contributed by atoms with E-state index in [1.54, 1.807) is 0 Å². The lowest BCUT2D eigenvalue weighted by Crippen LogP contribution is -2.15. The second-order valence-corrected chi connectivity index (χ2v) is 9.23. The number of nitrogens with zero attached hydrogens (tertiary/aromatic N) is 3. The monoisotopic (exact) mass is 611 g/mol. The van der Waals surface area contributed by atoms with E-state index in [2.05, 4.69) is 23.9 Å². The van der Waals surface area contributed by atoms with Crippen molar-refractivity contribution in [3.63, 3.8) is 0 Å². The van der Waals surface area contributed by atoms with Gasteiger partial charge in [0.15, 0.2) is 0 Å². The molecule has 0 rings (SSSR count). The van der Waals surface area contributed by atoms with Crippen molar-refractivity contribution in [1.82, 2.24) is 0 Å². The first-order valence-corrected chi connectivity index (χ1v) is 15.1. The summed E-state index contributed by atoms with van der Waals surface area (Å²) in [5.74, 6) is 0.729. The van der Waals surface area contributed by atoms with Gasteiger partial charge in [-0.25, -0.2) is 0 Å². The largest absolute Gasteiger partial charge is 0.379 e. The zero-order chi connectivity index (χ0) is 30.4. The van der Waals surface area contributed by atoms with Gasteiger partial charge >= 0.3 is 0 Å². The summed E-state index contributed by atoms with van der Waals surface area (Å²) in [7, 11) is 0. The first-order chi connectivity index (χ1) is 20.8. The van der Waals surface area contributed by atoms with Crippen molar-refractivity contribution in [3.8, 4) is 0 Å². The molecule has 0 aliphatic carbocycles. The molecule has 0 aromatic carbocycles. The maximum absolute atomic E-state index is 8.13. The van der Waals surface area contributed by atoms with Gasteiger partial charge < -0.3 is 52.1 Å². The maximum Gasteiger partial charge on any atom is 0.0701 e. The first-order valence-electron chi connectivity index (χ1n) is 15.1. The second-order valence-electron chi connectivity index (χ2n) is 9.23. The van der Waals surface area contributed by atoms with Crippen molar-refractivity contribution in [2.24, 2.45) is 11.0 Å². The van der Waals surface area contributed by atoms with Crippen molar-refractivity contribution < 1.29 is 52.1 Å². The van der Waals surface area contributed by atoms with Gasteiger partial charge in [0.25, 0.3) is 0 Å². The van der Waals surface area contributed by atoms with E-state index in [4.69, 9.17) is 57.6 Å². The Balaban J connectivity index is 3.04. The Morgan fingerprint density at radius 3 is 0.881 bits per heavy atom. The molecule has 0 aromatic rings. The Hall–Kier alpha value is -1.13. The molecular weight excluding hydrogens is 554 g/mol. The van der Waals surface area contributed by atoms with Crippen LogP contribution in [0.1, 0.15) is 26.7 Å². The molecule has 0 fully saturated rings. The average Bonchev–Trinajstić information content (AvgIpc) is 2.98. The molecular formula is C28H57N3O11. The van der Waals surface area contributed by atoms with E-state index in [1.165, 1.54) is 6.42 Å². The molecule has 0 N–H and O–H groups in total. The van der Waals surface area contributed by atoms with Crippen molar-refractivity contribution in [3.05, 3.63) is 10.4 Å². The molecule has 0 saturated carbocycles. The predicted molar refractivity (Wildman–Crippen MR) is 157 cm³/mol. The van der Waals surface area contributed by atoms with E-state index in [0.717, 1.165) is 18.9 Å². The average molecular weight is 612 g/mol. The van der Waals surface area contributed by atoms with Crippen LogP contribution in [0.5, 0.6) is 0 Å². The van der Waals surface area contributed by atoms with Gasteiger partial charge in [-0.05, 0) is 24.3 Å². The van der Waals surface area contributed by atoms with Crippen LogP contribution in [0.25, 0.3) is 10.4 Å². The molecule has 42 heavy (non-hydrogen) atoms. The fourth-order valence-electron chi connectivity index (χ4n) is 3.04. The smallest absolute Gasteiger partial charge is 0.0701 e. The fourth-order valence-corrected chi connectivity index (χ4v) is 3.04. The normalized spacial score (nSPS) is 11.4. The molecule has 14 nitrogen and oxygen atoms in total. The molecule has 0 saturated heterocycles. The van der Waals surface area contributed by atoms with Crippen LogP contribution in [0, 0.1) is 5.92 Å². The van der Waals surface area contributed by atoms with Crippen molar-refractivity contribution >= 4 is 0 Å². The minimum absolute atomic E-state index is 0.330. The van der Waals surface area contributed by atoms with Gasteiger partial charge in [0.2, 0.25) is 0 Å². The second kappa shape index (κ2) is 37.9. The number of ether oxygens (including phenoxy) is 11. The summed E-state index contributed by atoms with van der Waals surface area (Å²) in [5.41, 5.74) is 8.13. The summed E-state index contributed by atoms with van der Waals surface area (Å²) in [6, 6.07) is 0. The zero-order valence-corrected chi connectivity index (χ0v) is 26.1. The summed E-state index contributed by atoms with van der Waals surface area (Å²) in [4.78, 5) is 2.64. The van der Waals surface area contributed by atoms with Crippen LogP contribution in [0.15, 0.2) is 5.11 Å². The highest BCUT2D eigenvalue weighted by Gasteiger charge is 1.97. The highest BCUT2D eigenvalue weighted by Crippen LogP contribution is 2.02. The first kappa shape index (κ1) is 40.9. The number of hydrogen-bond acceptors (Lipinski definition) is 12. The van der Waals surface area contributed by atoms with Crippen molar-refractivity contribution in [2.75, 3.05) is 152 Å². The Morgan fingerprint density at radius 1 is 0.405 bits per heavy atom. The summed E-state index contributed by atoms with van der Waals surface area (Å²) in [6.07, 6.45) is 2.31. The molecule has 0 heterocycles. The van der Waals surface area contributed by atoms with Gasteiger partial charge in [0.05, 0.1) is 139 Å². The summed E-state index contributed by atoms with van der Waals surface area (Å²) in [6.45, 7) is 16.4. The molecule has 250 valence electrons. The third-order valence-corrected chi connectivity index (χ3v) is 5.19. The molecule has 0 aliphatic rings. The van der Waals surface area contributed by atoms with Crippen LogP contribution in [0.3, 0.4) is 0 Å². The van der Waals surface area contributed by atoms with E-state index in [9.17, 15) is 0 Å². The highest BCUT2D eigenvalue weighted by atomic mass is 16.6. The van der Waals surface area contributed by atoms with E-state index in [0.29, 0.717) is 145 Å². The molecule has 0 amide bonds. The van der Waals surface area contributed by atoms with Crippen molar-refractivity contribution in [1.29, 1.82) is 0 Å². The fraction of sp³-hybridized carbons (Fsp3) is 1.00. The Labute approximate surface area is 252 Å². The van der Waals surface area contributed by atoms with E-state index in [-0.39, 0.29) is 0 Å². The van der Waals surface area contributed by atoms with E-state index >= 15 is 0 Å². The molecule has 0 atom stereocenters. The maximum atomic E-state index is 8.13. The molecule has 0 aliphatic heterocycles. The molecule has 0 aromatic heterocycles. The lowest BCUT2D eigenvalue weighted by atomic mass is 10.1. The van der Waals surface area contributed by atoms with Crippen LogP contribution in [0.2, 0.25) is 0 Å². The van der Waals surface area contributed by atoms with Gasteiger partial charge in [0, 0.05) is 18.1 Å². The molecule has 14 heteroatoms. The quantitative estimate of drug-likeness (QED) is 0.0441. The predicted octanol–water partition coefficient (Wildman–Crippen LogP) is 2.92. The lowest BCUT2D eigenvalue weighted by Gasteiger charge is -2.09. The highest BCUT2D eigenvalue weighted by molar-refractivity contribution is 4.45. The van der Waals surface area contributed by atoms with Gasteiger partial charge in [-0.2, -0.15) is 0 Å². The molecule has 0 unspecified atom stereocenters. The Kier molecular flexibility index (Phi) is 36.9. The van der Waals surface area contributed by atoms with E-state index in [1.807, 2.05) is 0 Å². The van der Waals surface area contributed by atoms with Gasteiger partial charge in [-0.1, -0.05) is 19.0 Å². The minimum Gasteiger partial charge on any atom is -0.379 e. The van der Waals surface area contributed by atoms with Crippen LogP contribution >= 0.6 is 0 Å². The summed E-state index contributed by atoms with van der Waals surface area (Å²) >= 11 is 0. The Morgan fingerprint density at radius 2 is 0.643 bits per heavy atom. The number of azide groups is 1. The number of rotatable bonds is 37. The van der Waals surface area contributed by atoms with Gasteiger partial charge in [-0.3, -0.25) is 0 Å². The topological polar surface area (TPSA) is 150 Å².